The predicted octanol–water partition coefficient (Wildman–Crippen LogP) is 5.11. The molecule has 0 radical (unpaired) electrons. The largest absolute Gasteiger partial charge is 0.480 e. The van der Waals surface area contributed by atoms with Gasteiger partial charge in [-0.05, 0) is 54.2 Å². The summed E-state index contributed by atoms with van der Waals surface area (Å²) in [4.78, 5) is 48.8. The normalized spacial score (nSPS) is 15.3. The molecule has 44 heavy (non-hydrogen) atoms. The van der Waals surface area contributed by atoms with E-state index < -0.39 is 18.3 Å². The Morgan fingerprint density at radius 1 is 1.00 bits per heavy atom. The Hall–Kier alpha value is -4.42. The van der Waals surface area contributed by atoms with Gasteiger partial charge in [0.25, 0.3) is 0 Å². The molecule has 0 unspecified atom stereocenters. The van der Waals surface area contributed by atoms with Crippen LogP contribution in [0.4, 0.5) is 9.18 Å². The van der Waals surface area contributed by atoms with Gasteiger partial charge in [-0.3, -0.25) is 24.5 Å². The maximum Gasteiger partial charge on any atom is 0.323 e. The smallest absolute Gasteiger partial charge is 0.323 e. The van der Waals surface area contributed by atoms with E-state index in [-0.39, 0.29) is 24.0 Å². The number of nitrogens with one attached hydrogen (secondary N) is 1. The lowest BCUT2D eigenvalue weighted by molar-refractivity contribution is -0.135. The number of amides is 2. The molecule has 6 rings (SSSR count). The quantitative estimate of drug-likeness (QED) is 0.238. The molecular formula is C32H32FN5O5S. The van der Waals surface area contributed by atoms with Crippen LogP contribution < -0.4 is 10.1 Å². The predicted molar refractivity (Wildman–Crippen MR) is 163 cm³/mol. The van der Waals surface area contributed by atoms with Gasteiger partial charge in [0.15, 0.2) is 11.6 Å². The molecule has 2 amide bonds. The van der Waals surface area contributed by atoms with Crippen molar-refractivity contribution in [2.75, 3.05) is 32.7 Å². The topological polar surface area (TPSA) is 125 Å². The minimum atomic E-state index is -1.07. The first kappa shape index (κ1) is 29.6. The Kier molecular flexibility index (Phi) is 8.80. The number of rotatable bonds is 11. The number of Topliss-reactive ketones (excluding diaryl/α,β-unsaturated/α-hetero) is 1. The third-order valence-corrected chi connectivity index (χ3v) is 8.90. The number of pyridine rings is 2. The number of benzene rings is 1. The lowest BCUT2D eigenvalue weighted by atomic mass is 10.0. The number of aliphatic carboxylic acids is 1. The number of nitrogens with zero attached hydrogens (tertiary/aromatic N) is 4. The minimum Gasteiger partial charge on any atom is -0.480 e. The van der Waals surface area contributed by atoms with Crippen molar-refractivity contribution in [3.8, 4) is 22.1 Å². The number of hydrogen-bond donors (Lipinski definition) is 2. The fourth-order valence-electron chi connectivity index (χ4n) is 5.21. The van der Waals surface area contributed by atoms with E-state index in [9.17, 15) is 18.8 Å². The van der Waals surface area contributed by atoms with Crippen molar-refractivity contribution in [2.24, 2.45) is 5.92 Å². The SMILES string of the molecule is O=C(O)CNC(=O)N1CCN(Cc2ccc(-c3cc4nccc(Oc5ccc(CC(=O)CC6CC6)cc5F)c4s3)nc2)CC1. The summed E-state index contributed by atoms with van der Waals surface area (Å²) in [5, 5.41) is 11.1. The molecule has 4 heterocycles. The van der Waals surface area contributed by atoms with Gasteiger partial charge in [0.05, 0.1) is 20.8 Å². The average Bonchev–Trinajstić information content (AvgIpc) is 3.71. The van der Waals surface area contributed by atoms with Crippen molar-refractivity contribution < 1.29 is 28.6 Å². The fraction of sp³-hybridized carbons (Fsp3) is 0.344. The second-order valence-corrected chi connectivity index (χ2v) is 12.3. The molecule has 4 aromatic rings. The lowest BCUT2D eigenvalue weighted by Gasteiger charge is -2.34. The van der Waals surface area contributed by atoms with Gasteiger partial charge in [0.1, 0.15) is 18.1 Å². The summed E-state index contributed by atoms with van der Waals surface area (Å²) < 4.78 is 21.7. The van der Waals surface area contributed by atoms with E-state index in [1.54, 1.807) is 29.3 Å². The highest BCUT2D eigenvalue weighted by Crippen LogP contribution is 2.39. The molecule has 1 aromatic carbocycles. The van der Waals surface area contributed by atoms with Crippen LogP contribution in [0.1, 0.15) is 30.4 Å². The van der Waals surface area contributed by atoms with Crippen LogP contribution in [0, 0.1) is 11.7 Å². The van der Waals surface area contributed by atoms with Gasteiger partial charge >= 0.3 is 12.0 Å². The molecule has 12 heteroatoms. The Balaban J connectivity index is 1.07. The van der Waals surface area contributed by atoms with E-state index in [0.717, 1.165) is 39.2 Å². The second-order valence-electron chi connectivity index (χ2n) is 11.2. The third-order valence-electron chi connectivity index (χ3n) is 7.74. The molecule has 1 saturated heterocycles. The summed E-state index contributed by atoms with van der Waals surface area (Å²) in [5.74, 6) is -0.339. The Labute approximate surface area is 257 Å². The minimum absolute atomic E-state index is 0.0926. The number of urea groups is 1. The van der Waals surface area contributed by atoms with Gasteiger partial charge in [-0.1, -0.05) is 12.1 Å². The molecule has 1 saturated carbocycles. The zero-order valence-corrected chi connectivity index (χ0v) is 24.8. The highest BCUT2D eigenvalue weighted by molar-refractivity contribution is 7.22. The first-order chi connectivity index (χ1) is 21.3. The molecule has 0 bridgehead atoms. The van der Waals surface area contributed by atoms with Crippen LogP contribution >= 0.6 is 11.3 Å². The number of halogens is 1. The molecule has 2 fully saturated rings. The number of hydrogen-bond acceptors (Lipinski definition) is 8. The molecule has 0 atom stereocenters. The Morgan fingerprint density at radius 3 is 2.50 bits per heavy atom. The van der Waals surface area contributed by atoms with Crippen LogP contribution in [-0.4, -0.2) is 75.4 Å². The number of carbonyl (C=O) groups excluding carboxylic acids is 2. The van der Waals surface area contributed by atoms with Gasteiger partial charge in [-0.15, -0.1) is 11.3 Å². The summed E-state index contributed by atoms with van der Waals surface area (Å²) >= 11 is 1.47. The van der Waals surface area contributed by atoms with E-state index >= 15 is 0 Å². The van der Waals surface area contributed by atoms with E-state index in [0.29, 0.717) is 56.4 Å². The van der Waals surface area contributed by atoms with Gasteiger partial charge < -0.3 is 20.1 Å². The number of ether oxygens (including phenoxy) is 1. The number of thiophene rings is 1. The van der Waals surface area contributed by atoms with E-state index in [1.165, 1.54) is 17.4 Å². The number of aromatic nitrogens is 2. The number of fused-ring (bicyclic) bond motifs is 1. The highest BCUT2D eigenvalue weighted by atomic mass is 32.1. The number of carbonyl (C=O) groups is 3. The first-order valence-electron chi connectivity index (χ1n) is 14.6. The molecule has 1 aliphatic heterocycles. The van der Waals surface area contributed by atoms with Crippen LogP contribution in [0.3, 0.4) is 0 Å². The van der Waals surface area contributed by atoms with Crippen LogP contribution in [-0.2, 0) is 22.6 Å². The van der Waals surface area contributed by atoms with E-state index in [2.05, 4.69) is 20.2 Å². The average molecular weight is 618 g/mol. The molecule has 228 valence electrons. The summed E-state index contributed by atoms with van der Waals surface area (Å²) in [5.41, 5.74) is 3.19. The molecule has 1 aliphatic carbocycles. The molecule has 2 N–H and O–H groups in total. The van der Waals surface area contributed by atoms with Crippen LogP contribution in [0.15, 0.2) is 54.9 Å². The summed E-state index contributed by atoms with van der Waals surface area (Å²) in [6.07, 6.45) is 6.50. The number of piperazine rings is 1. The second kappa shape index (κ2) is 13.1. The lowest BCUT2D eigenvalue weighted by Crippen LogP contribution is -2.52. The standard InChI is InChI=1S/C32H32FN5O5S/c33-24-15-21(14-23(39)13-20-1-2-20)4-6-27(24)43-28-7-8-34-26-16-29(44-31(26)28)25-5-3-22(17-35-25)19-37-9-11-38(12-10-37)32(42)36-18-30(40)41/h3-8,15-17,20H,1-2,9-14,18-19H2,(H,36,42)(H,40,41). The number of carboxylic acids is 1. The third kappa shape index (κ3) is 7.37. The van der Waals surface area contributed by atoms with Crippen LogP contribution in [0.2, 0.25) is 0 Å². The molecule has 0 spiro atoms. The van der Waals surface area contributed by atoms with Gasteiger partial charge in [0.2, 0.25) is 0 Å². The van der Waals surface area contributed by atoms with Crippen molar-refractivity contribution in [2.45, 2.75) is 32.2 Å². The van der Waals surface area contributed by atoms with Crippen LogP contribution in [0.5, 0.6) is 11.5 Å². The molecular weight excluding hydrogens is 585 g/mol. The number of ketones is 1. The van der Waals surface area contributed by atoms with Crippen LogP contribution in [0.25, 0.3) is 20.8 Å². The van der Waals surface area contributed by atoms with Gasteiger partial charge in [-0.2, -0.15) is 0 Å². The van der Waals surface area contributed by atoms with Crippen molar-refractivity contribution in [3.05, 3.63) is 71.8 Å². The Bertz CT molecular complexity index is 1680. The highest BCUT2D eigenvalue weighted by Gasteiger charge is 2.25. The molecule has 2 aliphatic rings. The van der Waals surface area contributed by atoms with Crippen molar-refractivity contribution in [1.29, 1.82) is 0 Å². The number of carboxylic acid groups (broad SMARTS) is 1. The summed E-state index contributed by atoms with van der Waals surface area (Å²) in [6.45, 7) is 2.68. The van der Waals surface area contributed by atoms with E-state index in [4.69, 9.17) is 9.84 Å². The molecule has 3 aromatic heterocycles. The maximum atomic E-state index is 14.9. The Morgan fingerprint density at radius 2 is 1.80 bits per heavy atom. The van der Waals surface area contributed by atoms with Crippen molar-refractivity contribution >= 4 is 39.3 Å². The van der Waals surface area contributed by atoms with Crippen molar-refractivity contribution in [3.63, 3.8) is 0 Å². The first-order valence-corrected chi connectivity index (χ1v) is 15.4. The fourth-order valence-corrected chi connectivity index (χ4v) is 6.26. The monoisotopic (exact) mass is 617 g/mol. The van der Waals surface area contributed by atoms with Gasteiger partial charge in [0, 0.05) is 64.0 Å². The summed E-state index contributed by atoms with van der Waals surface area (Å²) in [7, 11) is 0. The zero-order valence-electron chi connectivity index (χ0n) is 24.0. The molecule has 10 nitrogen and oxygen atoms in total. The van der Waals surface area contributed by atoms with Gasteiger partial charge in [-0.25, -0.2) is 9.18 Å². The zero-order chi connectivity index (χ0) is 30.6. The summed E-state index contributed by atoms with van der Waals surface area (Å²) in [6, 6.07) is 12.0. The maximum absolute atomic E-state index is 14.9. The van der Waals surface area contributed by atoms with E-state index in [1.807, 2.05) is 24.4 Å². The van der Waals surface area contributed by atoms with Crippen molar-refractivity contribution in [1.82, 2.24) is 25.1 Å².